The molecule has 1 aromatic carbocycles. The van der Waals surface area contributed by atoms with Crippen molar-refractivity contribution in [3.8, 4) is 0 Å². The third-order valence-electron chi connectivity index (χ3n) is 3.84. The lowest BCUT2D eigenvalue weighted by Crippen LogP contribution is -2.40. The second kappa shape index (κ2) is 7.76. The van der Waals surface area contributed by atoms with Gasteiger partial charge >= 0.3 is 5.97 Å². The Morgan fingerprint density at radius 3 is 2.57 bits per heavy atom. The van der Waals surface area contributed by atoms with Gasteiger partial charge < -0.3 is 14.5 Å². The Kier molecular flexibility index (Phi) is 5.73. The van der Waals surface area contributed by atoms with Crippen LogP contribution in [0.4, 0.5) is 0 Å². The molecule has 1 fully saturated rings. The summed E-state index contributed by atoms with van der Waals surface area (Å²) in [5.41, 5.74) is 0.933. The normalized spacial score (nSPS) is 17.2. The molecule has 6 nitrogen and oxygen atoms in total. The Morgan fingerprint density at radius 2 is 2.00 bits per heavy atom. The molecular formula is C17H22N2O4. The molecule has 0 aliphatic carbocycles. The lowest BCUT2D eigenvalue weighted by Gasteiger charge is -2.24. The van der Waals surface area contributed by atoms with Crippen molar-refractivity contribution in [1.29, 1.82) is 0 Å². The molecule has 1 aliphatic rings. The molecule has 0 bridgehead atoms. The number of likely N-dealkylation sites (tertiary alicyclic amines) is 1. The Labute approximate surface area is 136 Å². The number of carbonyl (C=O) groups is 3. The van der Waals surface area contributed by atoms with Gasteiger partial charge in [-0.05, 0) is 12.5 Å². The first-order valence-corrected chi connectivity index (χ1v) is 7.73. The van der Waals surface area contributed by atoms with Crippen LogP contribution < -0.4 is 0 Å². The molecule has 6 heteroatoms. The number of esters is 1. The van der Waals surface area contributed by atoms with Crippen LogP contribution in [0.5, 0.6) is 0 Å². The predicted molar refractivity (Wildman–Crippen MR) is 84.2 cm³/mol. The molecule has 1 atom stereocenters. The number of amides is 2. The smallest absolute Gasteiger partial charge is 0.325 e. The summed E-state index contributed by atoms with van der Waals surface area (Å²) in [5, 5.41) is 0. The number of hydrogen-bond donors (Lipinski definition) is 0. The van der Waals surface area contributed by atoms with Gasteiger partial charge in [-0.15, -0.1) is 0 Å². The second-order valence-corrected chi connectivity index (χ2v) is 5.66. The molecule has 23 heavy (non-hydrogen) atoms. The molecular weight excluding hydrogens is 296 g/mol. The van der Waals surface area contributed by atoms with Crippen molar-refractivity contribution in [3.05, 3.63) is 35.9 Å². The molecule has 0 aromatic heterocycles. The summed E-state index contributed by atoms with van der Waals surface area (Å²) in [6.07, 6.45) is 0.198. The minimum Gasteiger partial charge on any atom is -0.465 e. The summed E-state index contributed by atoms with van der Waals surface area (Å²) in [6, 6.07) is 9.46. The summed E-state index contributed by atoms with van der Waals surface area (Å²) in [4.78, 5) is 39.2. The molecule has 0 radical (unpaired) electrons. The number of hydrogen-bond acceptors (Lipinski definition) is 4. The van der Waals surface area contributed by atoms with Gasteiger partial charge in [0.1, 0.15) is 6.54 Å². The molecule has 1 aliphatic heterocycles. The quantitative estimate of drug-likeness (QED) is 0.736. The average molecular weight is 318 g/mol. The summed E-state index contributed by atoms with van der Waals surface area (Å²) in [6.45, 7) is 2.62. The highest BCUT2D eigenvalue weighted by atomic mass is 16.5. The third kappa shape index (κ3) is 4.55. The summed E-state index contributed by atoms with van der Waals surface area (Å²) < 4.78 is 4.95. The lowest BCUT2D eigenvalue weighted by molar-refractivity contribution is -0.150. The van der Waals surface area contributed by atoms with E-state index in [1.807, 2.05) is 30.3 Å². The zero-order valence-electron chi connectivity index (χ0n) is 13.5. The highest BCUT2D eigenvalue weighted by Gasteiger charge is 2.35. The third-order valence-corrected chi connectivity index (χ3v) is 3.84. The number of rotatable bonds is 6. The molecule has 2 amide bonds. The van der Waals surface area contributed by atoms with E-state index in [0.717, 1.165) is 5.56 Å². The van der Waals surface area contributed by atoms with Gasteiger partial charge in [0.2, 0.25) is 11.8 Å². The number of benzene rings is 1. The largest absolute Gasteiger partial charge is 0.465 e. The van der Waals surface area contributed by atoms with Crippen LogP contribution in [0, 0.1) is 5.92 Å². The summed E-state index contributed by atoms with van der Waals surface area (Å²) >= 11 is 0. The maximum absolute atomic E-state index is 12.7. The van der Waals surface area contributed by atoms with E-state index in [1.165, 1.54) is 4.90 Å². The maximum Gasteiger partial charge on any atom is 0.325 e. The van der Waals surface area contributed by atoms with E-state index >= 15 is 0 Å². The average Bonchev–Trinajstić information content (AvgIpc) is 2.86. The standard InChI is InChI=1S/C17H22N2O4/c1-3-23-16(21)12-19(10-13-7-5-4-6-8-13)17(22)14-9-15(20)18(2)11-14/h4-8,14H,3,9-12H2,1-2H3/t14-/m0/s1. The summed E-state index contributed by atoms with van der Waals surface area (Å²) in [5.74, 6) is -1.06. The van der Waals surface area contributed by atoms with Gasteiger partial charge in [-0.2, -0.15) is 0 Å². The van der Waals surface area contributed by atoms with Crippen molar-refractivity contribution in [3.63, 3.8) is 0 Å². The number of ether oxygens (including phenoxy) is 1. The van der Waals surface area contributed by atoms with E-state index in [0.29, 0.717) is 13.1 Å². The monoisotopic (exact) mass is 318 g/mol. The van der Waals surface area contributed by atoms with Crippen LogP contribution in [0.3, 0.4) is 0 Å². The molecule has 0 spiro atoms. The van der Waals surface area contributed by atoms with Crippen LogP contribution in [0.25, 0.3) is 0 Å². The van der Waals surface area contributed by atoms with E-state index in [4.69, 9.17) is 4.74 Å². The Morgan fingerprint density at radius 1 is 1.30 bits per heavy atom. The van der Waals surface area contributed by atoms with Crippen molar-refractivity contribution in [2.75, 3.05) is 26.7 Å². The second-order valence-electron chi connectivity index (χ2n) is 5.66. The van der Waals surface area contributed by atoms with Crippen molar-refractivity contribution in [1.82, 2.24) is 9.80 Å². The first-order chi connectivity index (χ1) is 11.0. The zero-order valence-corrected chi connectivity index (χ0v) is 13.5. The van der Waals surface area contributed by atoms with Crippen LogP contribution in [0.15, 0.2) is 30.3 Å². The van der Waals surface area contributed by atoms with Gasteiger partial charge in [-0.3, -0.25) is 14.4 Å². The van der Waals surface area contributed by atoms with E-state index in [-0.39, 0.29) is 31.4 Å². The van der Waals surface area contributed by atoms with Crippen molar-refractivity contribution in [2.24, 2.45) is 5.92 Å². The number of carbonyl (C=O) groups excluding carboxylic acids is 3. The maximum atomic E-state index is 12.7. The first kappa shape index (κ1) is 17.0. The van der Waals surface area contributed by atoms with Crippen LogP contribution in [0.1, 0.15) is 18.9 Å². The van der Waals surface area contributed by atoms with Crippen molar-refractivity contribution < 1.29 is 19.1 Å². The van der Waals surface area contributed by atoms with Gasteiger partial charge in [-0.1, -0.05) is 30.3 Å². The SMILES string of the molecule is CCOC(=O)CN(Cc1ccccc1)C(=O)[C@H]1CC(=O)N(C)C1. The van der Waals surface area contributed by atoms with Crippen molar-refractivity contribution >= 4 is 17.8 Å². The van der Waals surface area contributed by atoms with E-state index < -0.39 is 11.9 Å². The molecule has 0 unspecified atom stereocenters. The lowest BCUT2D eigenvalue weighted by atomic mass is 10.1. The Bertz CT molecular complexity index is 573. The van der Waals surface area contributed by atoms with E-state index in [9.17, 15) is 14.4 Å². The van der Waals surface area contributed by atoms with Gasteiger partial charge in [0.15, 0.2) is 0 Å². The highest BCUT2D eigenvalue weighted by molar-refractivity contribution is 5.90. The van der Waals surface area contributed by atoms with E-state index in [1.54, 1.807) is 18.9 Å². The van der Waals surface area contributed by atoms with Gasteiger partial charge in [0.25, 0.3) is 0 Å². The van der Waals surface area contributed by atoms with Gasteiger partial charge in [0.05, 0.1) is 12.5 Å². The van der Waals surface area contributed by atoms with Crippen LogP contribution >= 0.6 is 0 Å². The number of nitrogens with zero attached hydrogens (tertiary/aromatic N) is 2. The molecule has 124 valence electrons. The minimum atomic E-state index is -0.436. The minimum absolute atomic E-state index is 0.0425. The van der Waals surface area contributed by atoms with E-state index in [2.05, 4.69) is 0 Å². The first-order valence-electron chi connectivity index (χ1n) is 7.73. The Balaban J connectivity index is 2.10. The van der Waals surface area contributed by atoms with Gasteiger partial charge in [-0.25, -0.2) is 0 Å². The molecule has 2 rings (SSSR count). The highest BCUT2D eigenvalue weighted by Crippen LogP contribution is 2.20. The van der Waals surface area contributed by atoms with Crippen molar-refractivity contribution in [2.45, 2.75) is 19.9 Å². The summed E-state index contributed by atoms with van der Waals surface area (Å²) in [7, 11) is 1.68. The van der Waals surface area contributed by atoms with Gasteiger partial charge in [0, 0.05) is 26.6 Å². The molecule has 0 saturated carbocycles. The molecule has 0 N–H and O–H groups in total. The van der Waals surface area contributed by atoms with Crippen LogP contribution in [0.2, 0.25) is 0 Å². The molecule has 1 aromatic rings. The fourth-order valence-corrected chi connectivity index (χ4v) is 2.67. The molecule has 1 saturated heterocycles. The Hall–Kier alpha value is -2.37. The zero-order chi connectivity index (χ0) is 16.8. The topological polar surface area (TPSA) is 66.9 Å². The predicted octanol–water partition coefficient (Wildman–Crippen LogP) is 1.06. The molecule has 1 heterocycles. The van der Waals surface area contributed by atoms with Crippen LogP contribution in [-0.2, 0) is 25.7 Å². The van der Waals surface area contributed by atoms with Crippen LogP contribution in [-0.4, -0.2) is 54.3 Å². The fourth-order valence-electron chi connectivity index (χ4n) is 2.67. The fraction of sp³-hybridized carbons (Fsp3) is 0.471.